The molecular formula is C18H26N2O2S. The van der Waals surface area contributed by atoms with Crippen molar-refractivity contribution in [3.8, 4) is 0 Å². The maximum absolute atomic E-state index is 12.5. The Morgan fingerprint density at radius 1 is 1.17 bits per heavy atom. The smallest absolute Gasteiger partial charge is 0.225 e. The highest BCUT2D eigenvalue weighted by Gasteiger charge is 2.25. The van der Waals surface area contributed by atoms with Crippen LogP contribution in [0.3, 0.4) is 0 Å². The molecule has 2 aliphatic rings. The van der Waals surface area contributed by atoms with E-state index < -0.39 is 0 Å². The Morgan fingerprint density at radius 3 is 2.91 bits per heavy atom. The van der Waals surface area contributed by atoms with Crippen LogP contribution in [-0.4, -0.2) is 66.1 Å². The quantitative estimate of drug-likeness (QED) is 0.845. The molecule has 2 heterocycles. The first-order valence-corrected chi connectivity index (χ1v) is 9.70. The number of carbonyl (C=O) groups excluding carboxylic acids is 1. The molecule has 0 N–H and O–H groups in total. The minimum absolute atomic E-state index is 0.0378. The molecule has 23 heavy (non-hydrogen) atoms. The van der Waals surface area contributed by atoms with Gasteiger partial charge in [0.05, 0.1) is 19.1 Å². The van der Waals surface area contributed by atoms with E-state index in [-0.39, 0.29) is 12.0 Å². The number of amides is 1. The van der Waals surface area contributed by atoms with E-state index in [0.717, 1.165) is 51.5 Å². The van der Waals surface area contributed by atoms with E-state index in [1.807, 2.05) is 22.7 Å². The number of nitrogens with zero attached hydrogens (tertiary/aromatic N) is 2. The number of carbonyl (C=O) groups is 1. The van der Waals surface area contributed by atoms with Gasteiger partial charge in [-0.2, -0.15) is 11.8 Å². The maximum Gasteiger partial charge on any atom is 0.225 e. The summed E-state index contributed by atoms with van der Waals surface area (Å²) in [5.41, 5.74) is 1.32. The van der Waals surface area contributed by atoms with Gasteiger partial charge in [0.15, 0.2) is 0 Å². The van der Waals surface area contributed by atoms with Crippen LogP contribution in [0.1, 0.15) is 18.4 Å². The molecule has 0 aromatic heterocycles. The lowest BCUT2D eigenvalue weighted by Gasteiger charge is -2.33. The second kappa shape index (κ2) is 8.71. The van der Waals surface area contributed by atoms with Crippen molar-refractivity contribution in [2.75, 3.05) is 44.3 Å². The molecule has 1 aromatic rings. The Kier molecular flexibility index (Phi) is 6.37. The predicted molar refractivity (Wildman–Crippen MR) is 94.6 cm³/mol. The van der Waals surface area contributed by atoms with Crippen molar-refractivity contribution in [2.24, 2.45) is 0 Å². The van der Waals surface area contributed by atoms with Crippen LogP contribution >= 0.6 is 11.8 Å². The molecule has 0 saturated carbocycles. The fraction of sp³-hybridized carbons (Fsp3) is 0.611. The minimum Gasteiger partial charge on any atom is -0.375 e. The first-order valence-electron chi connectivity index (χ1n) is 8.54. The van der Waals surface area contributed by atoms with Gasteiger partial charge >= 0.3 is 0 Å². The van der Waals surface area contributed by atoms with Gasteiger partial charge in [0, 0.05) is 38.5 Å². The van der Waals surface area contributed by atoms with Crippen molar-refractivity contribution in [1.29, 1.82) is 0 Å². The van der Waals surface area contributed by atoms with Crippen LogP contribution in [0.2, 0.25) is 0 Å². The number of thioether (sulfide) groups is 1. The van der Waals surface area contributed by atoms with Crippen molar-refractivity contribution >= 4 is 17.7 Å². The lowest BCUT2D eigenvalue weighted by atomic mass is 10.1. The van der Waals surface area contributed by atoms with E-state index in [0.29, 0.717) is 6.42 Å². The number of benzene rings is 1. The van der Waals surface area contributed by atoms with Crippen molar-refractivity contribution in [1.82, 2.24) is 9.80 Å². The topological polar surface area (TPSA) is 32.8 Å². The highest BCUT2D eigenvalue weighted by atomic mass is 32.2. The largest absolute Gasteiger partial charge is 0.375 e. The van der Waals surface area contributed by atoms with E-state index in [1.54, 1.807) is 0 Å². The first-order chi connectivity index (χ1) is 11.3. The third kappa shape index (κ3) is 5.23. The van der Waals surface area contributed by atoms with Crippen LogP contribution in [0.4, 0.5) is 0 Å². The summed E-state index contributed by atoms with van der Waals surface area (Å²) in [4.78, 5) is 16.9. The number of hydrogen-bond acceptors (Lipinski definition) is 4. The third-order valence-electron chi connectivity index (χ3n) is 4.45. The van der Waals surface area contributed by atoms with Gasteiger partial charge in [-0.25, -0.2) is 0 Å². The monoisotopic (exact) mass is 334 g/mol. The van der Waals surface area contributed by atoms with E-state index in [9.17, 15) is 4.79 Å². The average molecular weight is 334 g/mol. The third-order valence-corrected chi connectivity index (χ3v) is 5.50. The summed E-state index contributed by atoms with van der Waals surface area (Å²) in [6.07, 6.45) is 1.67. The van der Waals surface area contributed by atoms with Gasteiger partial charge in [-0.05, 0) is 17.7 Å². The minimum atomic E-state index is 0.0378. The van der Waals surface area contributed by atoms with Gasteiger partial charge in [0.25, 0.3) is 0 Å². The molecular weight excluding hydrogens is 308 g/mol. The van der Waals surface area contributed by atoms with Gasteiger partial charge in [-0.3, -0.25) is 9.69 Å². The Bertz CT molecular complexity index is 489. The lowest BCUT2D eigenvalue weighted by molar-refractivity contribution is -0.136. The van der Waals surface area contributed by atoms with E-state index in [2.05, 4.69) is 29.2 Å². The molecule has 4 nitrogen and oxygen atoms in total. The molecule has 0 unspecified atom stereocenters. The fourth-order valence-corrected chi connectivity index (χ4v) is 4.10. The van der Waals surface area contributed by atoms with Crippen LogP contribution in [0.15, 0.2) is 30.3 Å². The fourth-order valence-electron chi connectivity index (χ4n) is 3.21. The van der Waals surface area contributed by atoms with Gasteiger partial charge < -0.3 is 9.64 Å². The summed E-state index contributed by atoms with van der Waals surface area (Å²) in [6, 6.07) is 10.5. The highest BCUT2D eigenvalue weighted by Crippen LogP contribution is 2.16. The molecule has 2 aliphatic heterocycles. The summed E-state index contributed by atoms with van der Waals surface area (Å²) >= 11 is 1.95. The zero-order valence-corrected chi connectivity index (χ0v) is 14.5. The Labute approximate surface area is 143 Å². The molecule has 2 saturated heterocycles. The SMILES string of the molecule is O=C(C[C@H]1CN(Cc2ccccc2)CCO1)N1CCCSCC1. The molecule has 3 rings (SSSR count). The van der Waals surface area contributed by atoms with Gasteiger partial charge in [-0.15, -0.1) is 0 Å². The van der Waals surface area contributed by atoms with Gasteiger partial charge in [0.2, 0.25) is 5.91 Å². The zero-order chi connectivity index (χ0) is 15.9. The number of hydrogen-bond donors (Lipinski definition) is 0. The molecule has 5 heteroatoms. The van der Waals surface area contributed by atoms with Crippen LogP contribution in [0.25, 0.3) is 0 Å². The van der Waals surface area contributed by atoms with Crippen molar-refractivity contribution < 1.29 is 9.53 Å². The predicted octanol–water partition coefficient (Wildman–Crippen LogP) is 2.24. The second-order valence-corrected chi connectivity index (χ2v) is 7.49. The number of ether oxygens (including phenoxy) is 1. The lowest BCUT2D eigenvalue weighted by Crippen LogP contribution is -2.45. The standard InChI is InChI=1S/C18H26N2O2S/c21-18(20-7-4-11-23-12-9-20)13-17-15-19(8-10-22-17)14-16-5-2-1-3-6-16/h1-3,5-6,17H,4,7-15H2/t17-/m0/s1. The molecule has 0 aliphatic carbocycles. The van der Waals surface area contributed by atoms with Crippen LogP contribution in [0.5, 0.6) is 0 Å². The van der Waals surface area contributed by atoms with Gasteiger partial charge in [0.1, 0.15) is 0 Å². The molecule has 1 atom stereocenters. The molecule has 2 fully saturated rings. The van der Waals surface area contributed by atoms with Crippen molar-refractivity contribution in [3.63, 3.8) is 0 Å². The first kappa shape index (κ1) is 16.8. The zero-order valence-electron chi connectivity index (χ0n) is 13.7. The van der Waals surface area contributed by atoms with Crippen molar-refractivity contribution in [2.45, 2.75) is 25.5 Å². The summed E-state index contributed by atoms with van der Waals surface area (Å²) in [5.74, 6) is 2.51. The molecule has 1 aromatic carbocycles. The molecule has 0 spiro atoms. The normalized spacial score (nSPS) is 23.5. The summed E-state index contributed by atoms with van der Waals surface area (Å²) < 4.78 is 5.84. The second-order valence-electron chi connectivity index (χ2n) is 6.26. The summed E-state index contributed by atoms with van der Waals surface area (Å²) in [7, 11) is 0. The summed E-state index contributed by atoms with van der Waals surface area (Å²) in [5, 5.41) is 0. The highest BCUT2D eigenvalue weighted by molar-refractivity contribution is 7.99. The Balaban J connectivity index is 1.49. The van der Waals surface area contributed by atoms with Crippen LogP contribution < -0.4 is 0 Å². The Morgan fingerprint density at radius 2 is 2.04 bits per heavy atom. The van der Waals surface area contributed by atoms with E-state index in [4.69, 9.17) is 4.74 Å². The average Bonchev–Trinajstić information content (AvgIpc) is 2.85. The molecule has 0 radical (unpaired) electrons. The Hall–Kier alpha value is -1.04. The van der Waals surface area contributed by atoms with E-state index in [1.165, 1.54) is 11.3 Å². The van der Waals surface area contributed by atoms with Crippen LogP contribution in [-0.2, 0) is 16.1 Å². The summed E-state index contributed by atoms with van der Waals surface area (Å²) in [6.45, 7) is 5.26. The maximum atomic E-state index is 12.5. The van der Waals surface area contributed by atoms with Gasteiger partial charge in [-0.1, -0.05) is 30.3 Å². The van der Waals surface area contributed by atoms with E-state index >= 15 is 0 Å². The molecule has 1 amide bonds. The number of rotatable bonds is 4. The van der Waals surface area contributed by atoms with Crippen molar-refractivity contribution in [3.05, 3.63) is 35.9 Å². The number of morpholine rings is 1. The molecule has 126 valence electrons. The van der Waals surface area contributed by atoms with Crippen LogP contribution in [0, 0.1) is 0 Å². The molecule has 0 bridgehead atoms.